The Morgan fingerprint density at radius 1 is 1.21 bits per heavy atom. The highest BCUT2D eigenvalue weighted by Gasteiger charge is 2.39. The van der Waals surface area contributed by atoms with Crippen molar-refractivity contribution in [1.82, 2.24) is 0 Å². The molecule has 14 heavy (non-hydrogen) atoms. The molecule has 1 unspecified atom stereocenters. The van der Waals surface area contributed by atoms with Gasteiger partial charge in [-0.05, 0) is 12.8 Å². The van der Waals surface area contributed by atoms with E-state index in [2.05, 4.69) is 0 Å². The van der Waals surface area contributed by atoms with Crippen molar-refractivity contribution in [3.63, 3.8) is 0 Å². The van der Waals surface area contributed by atoms with Crippen LogP contribution < -0.4 is 0 Å². The second-order valence-corrected chi connectivity index (χ2v) is 5.92. The summed E-state index contributed by atoms with van der Waals surface area (Å²) in [4.78, 5) is 11.6. The summed E-state index contributed by atoms with van der Waals surface area (Å²) >= 11 is 0. The van der Waals surface area contributed by atoms with E-state index >= 15 is 0 Å². The first-order chi connectivity index (χ1) is 6.64. The molecule has 1 saturated carbocycles. The Balaban J connectivity index is 2.81. The average molecular weight is 220 g/mol. The van der Waals surface area contributed by atoms with Crippen molar-refractivity contribution in [1.29, 1.82) is 0 Å². The van der Waals surface area contributed by atoms with Crippen LogP contribution in [-0.2, 0) is 18.4 Å². The van der Waals surface area contributed by atoms with Gasteiger partial charge in [-0.3, -0.25) is 9.36 Å². The zero-order chi connectivity index (χ0) is 10.6. The topological polar surface area (TPSA) is 52.6 Å². The Bertz CT molecular complexity index is 243. The van der Waals surface area contributed by atoms with E-state index in [-0.39, 0.29) is 5.78 Å². The summed E-state index contributed by atoms with van der Waals surface area (Å²) in [5.74, 6) is 0.0227. The highest BCUT2D eigenvalue weighted by molar-refractivity contribution is 7.55. The van der Waals surface area contributed by atoms with Gasteiger partial charge in [0.2, 0.25) is 0 Å². The summed E-state index contributed by atoms with van der Waals surface area (Å²) in [5.41, 5.74) is -0.542. The molecule has 0 aromatic heterocycles. The van der Waals surface area contributed by atoms with Crippen molar-refractivity contribution < 1.29 is 18.4 Å². The molecule has 0 heterocycles. The first-order valence-corrected chi connectivity index (χ1v) is 6.49. The molecule has 1 aliphatic carbocycles. The molecule has 1 fully saturated rings. The molecule has 1 aliphatic rings. The predicted octanol–water partition coefficient (Wildman–Crippen LogP) is 2.37. The van der Waals surface area contributed by atoms with Crippen LogP contribution in [0.3, 0.4) is 0 Å². The highest BCUT2D eigenvalue weighted by Crippen LogP contribution is 2.54. The van der Waals surface area contributed by atoms with E-state index in [1.807, 2.05) is 0 Å². The van der Waals surface area contributed by atoms with E-state index in [0.29, 0.717) is 12.8 Å². The summed E-state index contributed by atoms with van der Waals surface area (Å²) in [5, 5.41) is 0. The van der Waals surface area contributed by atoms with Crippen molar-refractivity contribution in [3.8, 4) is 0 Å². The number of carbonyl (C=O) groups excluding carboxylic acids is 1. The fraction of sp³-hybridized carbons (Fsp3) is 0.889. The van der Waals surface area contributed by atoms with Crippen LogP contribution in [0.15, 0.2) is 0 Å². The summed E-state index contributed by atoms with van der Waals surface area (Å²) in [6, 6.07) is 0. The van der Waals surface area contributed by atoms with Crippen molar-refractivity contribution in [2.24, 2.45) is 0 Å². The SMILES string of the molecule is COP(=O)(OC)C1CCCCCC1=O. The lowest BCUT2D eigenvalue weighted by Gasteiger charge is -2.21. The maximum absolute atomic E-state index is 12.0. The molecule has 0 aliphatic heterocycles. The normalized spacial score (nSPS) is 24.7. The monoisotopic (exact) mass is 220 g/mol. The second kappa shape index (κ2) is 5.06. The Morgan fingerprint density at radius 3 is 2.43 bits per heavy atom. The van der Waals surface area contributed by atoms with Crippen LogP contribution in [0.2, 0.25) is 0 Å². The van der Waals surface area contributed by atoms with E-state index in [9.17, 15) is 9.36 Å². The molecular formula is C9H17O4P. The van der Waals surface area contributed by atoms with Gasteiger partial charge in [-0.2, -0.15) is 0 Å². The standard InChI is InChI=1S/C9H17O4P/c1-12-14(11,13-2)9-7-5-3-4-6-8(9)10/h9H,3-7H2,1-2H3. The Labute approximate surface area is 84.5 Å². The molecule has 0 aromatic rings. The van der Waals surface area contributed by atoms with Crippen LogP contribution in [0, 0.1) is 0 Å². The number of Topliss-reactive ketones (excluding diaryl/α,β-unsaturated/α-hetero) is 1. The third-order valence-electron chi connectivity index (χ3n) is 2.66. The lowest BCUT2D eigenvalue weighted by Crippen LogP contribution is -2.20. The zero-order valence-electron chi connectivity index (χ0n) is 8.69. The van der Waals surface area contributed by atoms with Crippen LogP contribution in [-0.4, -0.2) is 25.7 Å². The molecule has 0 N–H and O–H groups in total. The molecule has 82 valence electrons. The summed E-state index contributed by atoms with van der Waals surface area (Å²) in [6.07, 6.45) is 3.96. The third kappa shape index (κ3) is 2.44. The van der Waals surface area contributed by atoms with Gasteiger partial charge >= 0.3 is 7.60 Å². The van der Waals surface area contributed by atoms with Crippen molar-refractivity contribution in [2.45, 2.75) is 37.8 Å². The first-order valence-electron chi connectivity index (χ1n) is 4.88. The summed E-state index contributed by atoms with van der Waals surface area (Å²) in [7, 11) is -0.518. The molecule has 5 heteroatoms. The van der Waals surface area contributed by atoms with E-state index in [4.69, 9.17) is 9.05 Å². The number of rotatable bonds is 3. The van der Waals surface area contributed by atoms with Crippen LogP contribution in [0.5, 0.6) is 0 Å². The largest absolute Gasteiger partial charge is 0.340 e. The molecule has 0 spiro atoms. The van der Waals surface area contributed by atoms with Gasteiger partial charge in [0.25, 0.3) is 0 Å². The van der Waals surface area contributed by atoms with Crippen molar-refractivity contribution in [3.05, 3.63) is 0 Å². The van der Waals surface area contributed by atoms with E-state index in [1.54, 1.807) is 0 Å². The molecular weight excluding hydrogens is 203 g/mol. The number of ketones is 1. The molecule has 0 amide bonds. The maximum atomic E-state index is 12.0. The molecule has 0 bridgehead atoms. The van der Waals surface area contributed by atoms with Gasteiger partial charge in [-0.1, -0.05) is 12.8 Å². The predicted molar refractivity (Wildman–Crippen MR) is 53.5 cm³/mol. The van der Waals surface area contributed by atoms with E-state index in [0.717, 1.165) is 19.3 Å². The van der Waals surface area contributed by atoms with Crippen LogP contribution >= 0.6 is 7.60 Å². The van der Waals surface area contributed by atoms with Gasteiger partial charge in [-0.15, -0.1) is 0 Å². The fourth-order valence-electron chi connectivity index (χ4n) is 1.80. The number of hydrogen-bond acceptors (Lipinski definition) is 4. The van der Waals surface area contributed by atoms with Gasteiger partial charge in [0, 0.05) is 20.6 Å². The van der Waals surface area contributed by atoms with Gasteiger partial charge in [0.1, 0.15) is 11.4 Å². The lowest BCUT2D eigenvalue weighted by molar-refractivity contribution is -0.118. The maximum Gasteiger partial charge on any atom is 0.340 e. The van der Waals surface area contributed by atoms with Crippen LogP contribution in [0.25, 0.3) is 0 Å². The summed E-state index contributed by atoms with van der Waals surface area (Å²) < 4.78 is 21.7. The Morgan fingerprint density at radius 2 is 1.86 bits per heavy atom. The Hall–Kier alpha value is -0.180. The molecule has 1 rings (SSSR count). The quantitative estimate of drug-likeness (QED) is 0.541. The van der Waals surface area contributed by atoms with Gasteiger partial charge in [0.05, 0.1) is 0 Å². The average Bonchev–Trinajstić information content (AvgIpc) is 2.42. The van der Waals surface area contributed by atoms with Gasteiger partial charge in [-0.25, -0.2) is 0 Å². The van der Waals surface area contributed by atoms with Crippen molar-refractivity contribution in [2.75, 3.05) is 14.2 Å². The highest BCUT2D eigenvalue weighted by atomic mass is 31.2. The van der Waals surface area contributed by atoms with Gasteiger partial charge < -0.3 is 9.05 Å². The van der Waals surface area contributed by atoms with E-state index in [1.165, 1.54) is 14.2 Å². The molecule has 1 atom stereocenters. The molecule has 0 aromatic carbocycles. The second-order valence-electron chi connectivity index (χ2n) is 3.49. The minimum Gasteiger partial charge on any atom is -0.311 e. The van der Waals surface area contributed by atoms with Crippen LogP contribution in [0.1, 0.15) is 32.1 Å². The minimum absolute atomic E-state index is 0.0227. The molecule has 0 radical (unpaired) electrons. The number of hydrogen-bond donors (Lipinski definition) is 0. The smallest absolute Gasteiger partial charge is 0.311 e. The minimum atomic E-state index is -3.19. The lowest BCUT2D eigenvalue weighted by atomic mass is 10.2. The van der Waals surface area contributed by atoms with E-state index < -0.39 is 13.3 Å². The van der Waals surface area contributed by atoms with Crippen molar-refractivity contribution >= 4 is 13.4 Å². The third-order valence-corrected chi connectivity index (χ3v) is 4.99. The molecule has 4 nitrogen and oxygen atoms in total. The fourth-order valence-corrected chi connectivity index (χ4v) is 3.44. The van der Waals surface area contributed by atoms with Crippen LogP contribution in [0.4, 0.5) is 0 Å². The van der Waals surface area contributed by atoms with Gasteiger partial charge in [0.15, 0.2) is 0 Å². The zero-order valence-corrected chi connectivity index (χ0v) is 9.59. The number of carbonyl (C=O) groups is 1. The summed E-state index contributed by atoms with van der Waals surface area (Å²) in [6.45, 7) is 0. The Kier molecular flexibility index (Phi) is 4.30. The first kappa shape index (κ1) is 11.9. The molecule has 0 saturated heterocycles.